The van der Waals surface area contributed by atoms with E-state index in [1.165, 1.54) is 12.1 Å². The van der Waals surface area contributed by atoms with Gasteiger partial charge >= 0.3 is 6.18 Å². The number of carbonyl (C=O) groups is 2. The number of aryl methyl sites for hydroxylation is 2. The maximum Gasteiger partial charge on any atom is 0.416 e. The van der Waals surface area contributed by atoms with E-state index in [0.29, 0.717) is 24.0 Å². The minimum atomic E-state index is -4.35. The van der Waals surface area contributed by atoms with Crippen molar-refractivity contribution in [1.82, 2.24) is 5.32 Å². The van der Waals surface area contributed by atoms with E-state index >= 15 is 0 Å². The number of amides is 2. The number of nitrogens with one attached hydrogen (secondary N) is 1. The fourth-order valence-electron chi connectivity index (χ4n) is 3.74. The zero-order valence-corrected chi connectivity index (χ0v) is 18.8. The lowest BCUT2D eigenvalue weighted by Gasteiger charge is -2.08. The van der Waals surface area contributed by atoms with Gasteiger partial charge in [0.1, 0.15) is 0 Å². The van der Waals surface area contributed by atoms with Crippen molar-refractivity contribution in [2.75, 3.05) is 6.54 Å². The van der Waals surface area contributed by atoms with Crippen LogP contribution < -0.4 is 11.1 Å². The van der Waals surface area contributed by atoms with Crippen LogP contribution in [0.5, 0.6) is 0 Å². The van der Waals surface area contributed by atoms with Crippen LogP contribution in [0.2, 0.25) is 0 Å². The molecule has 0 radical (unpaired) electrons. The molecule has 0 aliphatic rings. The summed E-state index contributed by atoms with van der Waals surface area (Å²) in [5, 5.41) is 3.52. The van der Waals surface area contributed by atoms with Gasteiger partial charge in [-0.1, -0.05) is 48.5 Å². The first-order valence-electron chi connectivity index (χ1n) is 10.6. The average Bonchev–Trinajstić information content (AvgIpc) is 3.24. The molecule has 0 saturated heterocycles. The first-order valence-corrected chi connectivity index (χ1v) is 11.4. The molecule has 8 heteroatoms. The molecule has 0 unspecified atom stereocenters. The second-order valence-corrected chi connectivity index (χ2v) is 9.00. The van der Waals surface area contributed by atoms with Crippen LogP contribution in [0.15, 0.2) is 72.8 Å². The second kappa shape index (κ2) is 9.69. The maximum atomic E-state index is 13.0. The van der Waals surface area contributed by atoms with Crippen LogP contribution in [0.3, 0.4) is 0 Å². The molecule has 0 atom stereocenters. The molecular weight excluding hydrogens is 461 g/mol. The van der Waals surface area contributed by atoms with Crippen molar-refractivity contribution in [3.8, 4) is 11.1 Å². The first kappa shape index (κ1) is 23.5. The molecule has 4 aromatic rings. The van der Waals surface area contributed by atoms with Crippen LogP contribution >= 0.6 is 11.3 Å². The highest BCUT2D eigenvalue weighted by Gasteiger charge is 2.30. The maximum absolute atomic E-state index is 13.0. The molecule has 4 nitrogen and oxygen atoms in total. The van der Waals surface area contributed by atoms with Crippen molar-refractivity contribution in [2.45, 2.75) is 19.0 Å². The van der Waals surface area contributed by atoms with Gasteiger partial charge in [0.2, 0.25) is 5.91 Å². The summed E-state index contributed by atoms with van der Waals surface area (Å²) < 4.78 is 40.0. The number of hydrogen-bond acceptors (Lipinski definition) is 3. The van der Waals surface area contributed by atoms with E-state index < -0.39 is 17.6 Å². The number of primary amides is 1. The summed E-state index contributed by atoms with van der Waals surface area (Å²) in [7, 11) is 0. The van der Waals surface area contributed by atoms with Gasteiger partial charge in [-0.2, -0.15) is 13.2 Å². The van der Waals surface area contributed by atoms with Gasteiger partial charge in [-0.25, -0.2) is 0 Å². The van der Waals surface area contributed by atoms with E-state index in [2.05, 4.69) is 11.4 Å². The third kappa shape index (κ3) is 5.46. The standard InChI is InChI=1S/C26H21F3N2O2S/c27-26(28,29)20-8-1-4-16(12-20)10-11-21-14-18-6-3-9-22(24(18)34-21)17-5-2-7-19(13-17)25(33)31-15-23(30)32/h1-9,12-14H,10-11,15H2,(H2,30,32)(H,31,33). The van der Waals surface area contributed by atoms with E-state index in [4.69, 9.17) is 5.73 Å². The van der Waals surface area contributed by atoms with Crippen LogP contribution in [-0.4, -0.2) is 18.4 Å². The molecule has 0 aliphatic carbocycles. The molecule has 0 spiro atoms. The quantitative estimate of drug-likeness (QED) is 0.361. The molecule has 1 aromatic heterocycles. The number of hydrogen-bond donors (Lipinski definition) is 2. The number of benzene rings is 3. The van der Waals surface area contributed by atoms with Gasteiger partial charge in [-0.05, 0) is 59.2 Å². The topological polar surface area (TPSA) is 72.2 Å². The molecule has 2 amide bonds. The molecule has 4 rings (SSSR count). The predicted molar refractivity (Wildman–Crippen MR) is 128 cm³/mol. The largest absolute Gasteiger partial charge is 0.416 e. The minimum Gasteiger partial charge on any atom is -0.368 e. The van der Waals surface area contributed by atoms with Gasteiger partial charge in [0, 0.05) is 15.1 Å². The molecule has 34 heavy (non-hydrogen) atoms. The second-order valence-electron chi connectivity index (χ2n) is 7.86. The van der Waals surface area contributed by atoms with Crippen LogP contribution in [0, 0.1) is 0 Å². The van der Waals surface area contributed by atoms with Crippen LogP contribution in [-0.2, 0) is 23.8 Å². The van der Waals surface area contributed by atoms with E-state index in [-0.39, 0.29) is 12.5 Å². The van der Waals surface area contributed by atoms with Crippen molar-refractivity contribution in [1.29, 1.82) is 0 Å². The van der Waals surface area contributed by atoms with Gasteiger partial charge in [0.15, 0.2) is 0 Å². The minimum absolute atomic E-state index is 0.237. The lowest BCUT2D eigenvalue weighted by molar-refractivity contribution is -0.137. The van der Waals surface area contributed by atoms with Gasteiger partial charge in [0.05, 0.1) is 12.1 Å². The Labute approximate surface area is 198 Å². The fraction of sp³-hybridized carbons (Fsp3) is 0.154. The summed E-state index contributed by atoms with van der Waals surface area (Å²) in [4.78, 5) is 24.3. The third-order valence-corrected chi connectivity index (χ3v) is 6.61. The summed E-state index contributed by atoms with van der Waals surface area (Å²) in [6.45, 7) is -0.237. The zero-order chi connectivity index (χ0) is 24.3. The molecule has 0 saturated carbocycles. The van der Waals surface area contributed by atoms with E-state index in [1.54, 1.807) is 35.6 Å². The van der Waals surface area contributed by atoms with Gasteiger partial charge in [-0.3, -0.25) is 9.59 Å². The molecule has 0 fully saturated rings. The van der Waals surface area contributed by atoms with Crippen LogP contribution in [0.1, 0.15) is 26.4 Å². The number of rotatable bonds is 7. The number of nitrogens with two attached hydrogens (primary N) is 1. The Balaban J connectivity index is 1.57. The van der Waals surface area contributed by atoms with Crippen molar-refractivity contribution in [3.63, 3.8) is 0 Å². The summed E-state index contributed by atoms with van der Waals surface area (Å²) in [5.41, 5.74) is 7.32. The highest BCUT2D eigenvalue weighted by atomic mass is 32.1. The summed E-state index contributed by atoms with van der Waals surface area (Å²) >= 11 is 1.59. The number of fused-ring (bicyclic) bond motifs is 1. The lowest BCUT2D eigenvalue weighted by Crippen LogP contribution is -2.33. The molecular formula is C26H21F3N2O2S. The molecule has 0 bridgehead atoms. The fourth-order valence-corrected chi connectivity index (χ4v) is 4.93. The highest BCUT2D eigenvalue weighted by Crippen LogP contribution is 2.36. The normalized spacial score (nSPS) is 11.5. The smallest absolute Gasteiger partial charge is 0.368 e. The Morgan fingerprint density at radius 2 is 1.68 bits per heavy atom. The number of carbonyl (C=O) groups excluding carboxylic acids is 2. The average molecular weight is 483 g/mol. The summed E-state index contributed by atoms with van der Waals surface area (Å²) in [6.07, 6.45) is -3.23. The Morgan fingerprint density at radius 3 is 2.44 bits per heavy atom. The number of halogens is 3. The van der Waals surface area contributed by atoms with Crippen molar-refractivity contribution < 1.29 is 22.8 Å². The Kier molecular flexibility index (Phi) is 6.70. The van der Waals surface area contributed by atoms with Crippen molar-refractivity contribution >= 4 is 33.2 Å². The molecule has 174 valence electrons. The first-order chi connectivity index (χ1) is 16.2. The van der Waals surface area contributed by atoms with Crippen LogP contribution in [0.25, 0.3) is 21.2 Å². The zero-order valence-electron chi connectivity index (χ0n) is 18.0. The number of alkyl halides is 3. The van der Waals surface area contributed by atoms with Crippen molar-refractivity contribution in [2.24, 2.45) is 5.73 Å². The summed E-state index contributed by atoms with van der Waals surface area (Å²) in [5.74, 6) is -1.01. The molecule has 1 heterocycles. The van der Waals surface area contributed by atoms with Gasteiger partial charge < -0.3 is 11.1 Å². The predicted octanol–water partition coefficient (Wildman–Crippen LogP) is 5.59. The van der Waals surface area contributed by atoms with Crippen molar-refractivity contribution in [3.05, 3.63) is 94.4 Å². The SMILES string of the molecule is NC(=O)CNC(=O)c1cccc(-c2cccc3cc(CCc4cccc(C(F)(F)F)c4)sc23)c1. The van der Waals surface area contributed by atoms with E-state index in [9.17, 15) is 22.8 Å². The van der Waals surface area contributed by atoms with E-state index in [1.807, 2.05) is 24.3 Å². The Morgan fingerprint density at radius 1 is 0.912 bits per heavy atom. The molecule has 0 aliphatic heterocycles. The Hall–Kier alpha value is -3.65. The van der Waals surface area contributed by atoms with Gasteiger partial charge in [-0.15, -0.1) is 11.3 Å². The monoisotopic (exact) mass is 482 g/mol. The Bertz CT molecular complexity index is 1360. The summed E-state index contributed by atoms with van der Waals surface area (Å²) in [6, 6.07) is 20.5. The number of thiophene rings is 1. The molecule has 3 aromatic carbocycles. The van der Waals surface area contributed by atoms with Gasteiger partial charge in [0.25, 0.3) is 5.91 Å². The third-order valence-electron chi connectivity index (χ3n) is 5.37. The molecule has 3 N–H and O–H groups in total. The van der Waals surface area contributed by atoms with Crippen LogP contribution in [0.4, 0.5) is 13.2 Å². The lowest BCUT2D eigenvalue weighted by atomic mass is 10.0. The highest BCUT2D eigenvalue weighted by molar-refractivity contribution is 7.19. The van der Waals surface area contributed by atoms with E-state index in [0.717, 1.165) is 32.2 Å².